The van der Waals surface area contributed by atoms with E-state index in [1.165, 1.54) is 36.3 Å². The average molecular weight is 283 g/mol. The molecule has 0 amide bonds. The van der Waals surface area contributed by atoms with E-state index in [0.29, 0.717) is 11.3 Å². The maximum absolute atomic E-state index is 11.8. The van der Waals surface area contributed by atoms with E-state index in [0.717, 1.165) is 16.8 Å². The molecule has 6 heteroatoms. The van der Waals surface area contributed by atoms with Crippen molar-refractivity contribution in [2.75, 3.05) is 12.3 Å². The first kappa shape index (κ1) is 14.4. The maximum atomic E-state index is 11.8. The highest BCUT2D eigenvalue weighted by Gasteiger charge is 2.28. The molecule has 5 nitrogen and oxygen atoms in total. The van der Waals surface area contributed by atoms with Crippen molar-refractivity contribution in [3.63, 3.8) is 0 Å². The molecule has 0 radical (unpaired) electrons. The summed E-state index contributed by atoms with van der Waals surface area (Å²) < 4.78 is 2.94. The van der Waals surface area contributed by atoms with Gasteiger partial charge >= 0.3 is 5.69 Å². The Bertz CT molecular complexity index is 570. The zero-order valence-electron chi connectivity index (χ0n) is 11.7. The summed E-state index contributed by atoms with van der Waals surface area (Å²) in [5.74, 6) is 1.22. The van der Waals surface area contributed by atoms with Gasteiger partial charge in [0.15, 0.2) is 0 Å². The first-order chi connectivity index (χ1) is 8.93. The van der Waals surface area contributed by atoms with Gasteiger partial charge in [-0.15, -0.1) is 0 Å². The van der Waals surface area contributed by atoms with Gasteiger partial charge in [-0.25, -0.2) is 4.79 Å². The Morgan fingerprint density at radius 1 is 1.37 bits per heavy atom. The summed E-state index contributed by atoms with van der Waals surface area (Å²) in [6.07, 6.45) is 2.49. The van der Waals surface area contributed by atoms with Crippen LogP contribution in [0, 0.1) is 0 Å². The molecule has 2 rings (SSSR count). The van der Waals surface area contributed by atoms with E-state index in [1.54, 1.807) is 7.05 Å². The second kappa shape index (κ2) is 5.54. The third-order valence-corrected chi connectivity index (χ3v) is 5.27. The maximum Gasteiger partial charge on any atom is 0.330 e. The minimum Gasteiger partial charge on any atom is -0.310 e. The first-order valence-corrected chi connectivity index (χ1v) is 7.52. The van der Waals surface area contributed by atoms with Crippen molar-refractivity contribution >= 4 is 11.8 Å². The van der Waals surface area contributed by atoms with Crippen molar-refractivity contribution in [2.24, 2.45) is 14.1 Å². The zero-order chi connectivity index (χ0) is 14.0. The molecule has 0 spiro atoms. The Hall–Kier alpha value is -1.01. The van der Waals surface area contributed by atoms with Crippen molar-refractivity contribution in [2.45, 2.75) is 31.1 Å². The van der Waals surface area contributed by atoms with Crippen LogP contribution in [0.25, 0.3) is 0 Å². The second-order valence-electron chi connectivity index (χ2n) is 5.38. The lowest BCUT2D eigenvalue weighted by Gasteiger charge is -2.23. The van der Waals surface area contributed by atoms with Gasteiger partial charge in [-0.05, 0) is 25.5 Å². The largest absolute Gasteiger partial charge is 0.330 e. The fourth-order valence-electron chi connectivity index (χ4n) is 2.38. The molecule has 1 atom stereocenters. The van der Waals surface area contributed by atoms with Crippen LogP contribution >= 0.6 is 11.8 Å². The Labute approximate surface area is 117 Å². The molecular formula is C13H21N3O2S. The number of hydrogen-bond donors (Lipinski definition) is 1. The van der Waals surface area contributed by atoms with Gasteiger partial charge in [-0.1, -0.05) is 0 Å². The smallest absolute Gasteiger partial charge is 0.310 e. The number of hydrogen-bond acceptors (Lipinski definition) is 4. The number of thioether (sulfide) groups is 1. The molecule has 1 N–H and O–H groups in total. The van der Waals surface area contributed by atoms with Crippen LogP contribution in [0.1, 0.15) is 25.5 Å². The Balaban J connectivity index is 2.04. The minimum atomic E-state index is -0.272. The van der Waals surface area contributed by atoms with E-state index < -0.39 is 0 Å². The van der Waals surface area contributed by atoms with E-state index in [1.807, 2.05) is 11.8 Å². The molecule has 0 bridgehead atoms. The fraction of sp³-hybridized carbons (Fsp3) is 0.692. The molecule has 0 saturated carbocycles. The summed E-state index contributed by atoms with van der Waals surface area (Å²) in [5, 5.41) is 3.37. The van der Waals surface area contributed by atoms with Crippen LogP contribution in [0.2, 0.25) is 0 Å². The quantitative estimate of drug-likeness (QED) is 0.872. The number of nitrogens with zero attached hydrogens (tertiary/aromatic N) is 2. The SMILES string of the molecule is Cn1c(CNCC2(C)CCCS2)cc(=O)n(C)c1=O. The molecular weight excluding hydrogens is 262 g/mol. The molecule has 2 heterocycles. The standard InChI is InChI=1S/C13H21N3O2S/c1-13(5-4-6-19-13)9-14-8-10-7-11(17)16(3)12(18)15(10)2/h7,14H,4-6,8-9H2,1-3H3. The first-order valence-electron chi connectivity index (χ1n) is 6.54. The van der Waals surface area contributed by atoms with Crippen LogP contribution in [0.5, 0.6) is 0 Å². The number of nitrogens with one attached hydrogen (secondary N) is 1. The molecule has 1 aliphatic rings. The lowest BCUT2D eigenvalue weighted by molar-refractivity contribution is 0.521. The molecule has 0 aromatic carbocycles. The summed E-state index contributed by atoms with van der Waals surface area (Å²) in [6.45, 7) is 3.72. The molecule has 1 unspecified atom stereocenters. The van der Waals surface area contributed by atoms with Crippen LogP contribution in [-0.4, -0.2) is 26.2 Å². The minimum absolute atomic E-state index is 0.249. The van der Waals surface area contributed by atoms with Crippen molar-refractivity contribution in [3.05, 3.63) is 32.6 Å². The molecule has 1 aromatic heterocycles. The highest BCUT2D eigenvalue weighted by molar-refractivity contribution is 8.00. The Morgan fingerprint density at radius 2 is 2.11 bits per heavy atom. The van der Waals surface area contributed by atoms with Crippen molar-refractivity contribution < 1.29 is 0 Å². The van der Waals surface area contributed by atoms with Gasteiger partial charge < -0.3 is 5.32 Å². The Kier molecular flexibility index (Phi) is 4.20. The van der Waals surface area contributed by atoms with E-state index in [2.05, 4.69) is 12.2 Å². The summed E-state index contributed by atoms with van der Waals surface area (Å²) in [4.78, 5) is 23.4. The van der Waals surface area contributed by atoms with Crippen LogP contribution < -0.4 is 16.6 Å². The molecule has 1 saturated heterocycles. The summed E-state index contributed by atoms with van der Waals surface area (Å²) in [6, 6.07) is 1.53. The highest BCUT2D eigenvalue weighted by Crippen LogP contribution is 2.36. The average Bonchev–Trinajstić information content (AvgIpc) is 2.80. The third-order valence-electron chi connectivity index (χ3n) is 3.73. The lowest BCUT2D eigenvalue weighted by atomic mass is 10.1. The van der Waals surface area contributed by atoms with Crippen molar-refractivity contribution in [1.82, 2.24) is 14.5 Å². The van der Waals surface area contributed by atoms with Gasteiger partial charge in [0.05, 0.1) is 0 Å². The second-order valence-corrected chi connectivity index (χ2v) is 7.06. The van der Waals surface area contributed by atoms with Gasteiger partial charge in [0.1, 0.15) is 0 Å². The number of rotatable bonds is 4. The van der Waals surface area contributed by atoms with Gasteiger partial charge in [-0.3, -0.25) is 13.9 Å². The van der Waals surface area contributed by atoms with Gasteiger partial charge in [0.2, 0.25) is 0 Å². The molecule has 0 aliphatic carbocycles. The zero-order valence-corrected chi connectivity index (χ0v) is 12.5. The van der Waals surface area contributed by atoms with Gasteiger partial charge in [0, 0.05) is 43.7 Å². The number of aromatic nitrogens is 2. The summed E-state index contributed by atoms with van der Waals surface area (Å²) in [5.41, 5.74) is 0.215. The molecule has 1 aromatic rings. The molecule has 106 valence electrons. The summed E-state index contributed by atoms with van der Waals surface area (Å²) in [7, 11) is 3.20. The van der Waals surface area contributed by atoms with E-state index in [9.17, 15) is 9.59 Å². The third kappa shape index (κ3) is 3.12. The van der Waals surface area contributed by atoms with E-state index in [4.69, 9.17) is 0 Å². The van der Waals surface area contributed by atoms with E-state index >= 15 is 0 Å². The van der Waals surface area contributed by atoms with Crippen LogP contribution in [0.4, 0.5) is 0 Å². The molecule has 19 heavy (non-hydrogen) atoms. The van der Waals surface area contributed by atoms with E-state index in [-0.39, 0.29) is 11.2 Å². The highest BCUT2D eigenvalue weighted by atomic mass is 32.2. The Morgan fingerprint density at radius 3 is 2.74 bits per heavy atom. The van der Waals surface area contributed by atoms with Crippen LogP contribution in [-0.2, 0) is 20.6 Å². The normalized spacial score (nSPS) is 22.9. The monoisotopic (exact) mass is 283 g/mol. The topological polar surface area (TPSA) is 56.0 Å². The van der Waals surface area contributed by atoms with Crippen molar-refractivity contribution in [1.29, 1.82) is 0 Å². The predicted octanol–water partition coefficient (Wildman–Crippen LogP) is 0.459. The fourth-order valence-corrected chi connectivity index (χ4v) is 3.65. The molecule has 1 fully saturated rings. The van der Waals surface area contributed by atoms with Gasteiger partial charge in [0.25, 0.3) is 5.56 Å². The van der Waals surface area contributed by atoms with Crippen molar-refractivity contribution in [3.8, 4) is 0 Å². The lowest BCUT2D eigenvalue weighted by Crippen LogP contribution is -2.40. The summed E-state index contributed by atoms with van der Waals surface area (Å²) >= 11 is 2.00. The van der Waals surface area contributed by atoms with Crippen LogP contribution in [0.3, 0.4) is 0 Å². The predicted molar refractivity (Wildman–Crippen MR) is 78.7 cm³/mol. The molecule has 1 aliphatic heterocycles. The van der Waals surface area contributed by atoms with Gasteiger partial charge in [-0.2, -0.15) is 11.8 Å². The van der Waals surface area contributed by atoms with Crippen LogP contribution in [0.15, 0.2) is 15.7 Å².